The third-order valence-electron chi connectivity index (χ3n) is 2.50. The quantitative estimate of drug-likeness (QED) is 0.768. The van der Waals surface area contributed by atoms with Gasteiger partial charge in [0.1, 0.15) is 11.6 Å². The smallest absolute Gasteiger partial charge is 0.123 e. The Morgan fingerprint density at radius 3 is 2.56 bits per heavy atom. The topological polar surface area (TPSA) is 61.3 Å². The van der Waals surface area contributed by atoms with Crippen LogP contribution in [0.2, 0.25) is 0 Å². The maximum atomic E-state index is 13.1. The van der Waals surface area contributed by atoms with Gasteiger partial charge in [-0.1, -0.05) is 0 Å². The van der Waals surface area contributed by atoms with Crippen molar-refractivity contribution in [3.05, 3.63) is 29.6 Å². The van der Waals surface area contributed by atoms with Gasteiger partial charge in [0.25, 0.3) is 0 Å². The number of benzene rings is 1. The molecule has 0 aromatic heterocycles. The summed E-state index contributed by atoms with van der Waals surface area (Å²) in [6.45, 7) is 3.46. The van der Waals surface area contributed by atoms with E-state index in [0.717, 1.165) is 11.3 Å². The van der Waals surface area contributed by atoms with Gasteiger partial charge in [0, 0.05) is 0 Å². The number of nitrogens with two attached hydrogens (primary N) is 2. The van der Waals surface area contributed by atoms with Crippen LogP contribution in [0.3, 0.4) is 0 Å². The van der Waals surface area contributed by atoms with Crippen LogP contribution in [0.25, 0.3) is 0 Å². The molecule has 0 unspecified atom stereocenters. The fourth-order valence-electron chi connectivity index (χ4n) is 1.58. The highest BCUT2D eigenvalue weighted by atomic mass is 19.1. The van der Waals surface area contributed by atoms with Gasteiger partial charge in [-0.15, -0.1) is 0 Å². The number of halogens is 1. The molecule has 0 aliphatic rings. The van der Waals surface area contributed by atoms with E-state index >= 15 is 0 Å². The largest absolute Gasteiger partial charge is 0.494 e. The normalized spacial score (nSPS) is 10.8. The zero-order valence-electron chi connectivity index (χ0n) is 9.58. The van der Waals surface area contributed by atoms with Gasteiger partial charge in [-0.05, 0) is 56.1 Å². The van der Waals surface area contributed by atoms with Gasteiger partial charge in [-0.2, -0.15) is 0 Å². The maximum Gasteiger partial charge on any atom is 0.123 e. The molecule has 0 fully saturated rings. The molecule has 1 aromatic carbocycles. The zero-order chi connectivity index (χ0) is 12.0. The highest BCUT2D eigenvalue weighted by Gasteiger charge is 2.11. The molecule has 0 saturated carbocycles. The third-order valence-corrected chi connectivity index (χ3v) is 2.50. The van der Waals surface area contributed by atoms with Crippen LogP contribution in [-0.4, -0.2) is 19.7 Å². The molecule has 4 N–H and O–H groups in total. The Labute approximate surface area is 95.6 Å². The minimum Gasteiger partial charge on any atom is -0.494 e. The van der Waals surface area contributed by atoms with E-state index in [1.807, 2.05) is 6.92 Å². The molecule has 0 saturated heterocycles. The van der Waals surface area contributed by atoms with Crippen LogP contribution in [0.15, 0.2) is 18.2 Å². The van der Waals surface area contributed by atoms with Crippen molar-refractivity contribution < 1.29 is 9.13 Å². The van der Waals surface area contributed by atoms with Gasteiger partial charge in [0.2, 0.25) is 0 Å². The second kappa shape index (κ2) is 6.45. The minimum atomic E-state index is -0.258. The van der Waals surface area contributed by atoms with E-state index in [4.69, 9.17) is 16.2 Å². The summed E-state index contributed by atoms with van der Waals surface area (Å²) in [7, 11) is 0. The van der Waals surface area contributed by atoms with Crippen LogP contribution in [0.4, 0.5) is 4.39 Å². The first-order valence-corrected chi connectivity index (χ1v) is 5.52. The van der Waals surface area contributed by atoms with Crippen LogP contribution < -0.4 is 16.2 Å². The fourth-order valence-corrected chi connectivity index (χ4v) is 1.58. The van der Waals surface area contributed by atoms with E-state index < -0.39 is 0 Å². The Bertz CT molecular complexity index is 327. The molecule has 3 nitrogen and oxygen atoms in total. The van der Waals surface area contributed by atoms with Crippen LogP contribution in [0, 0.1) is 11.7 Å². The van der Waals surface area contributed by atoms with Crippen molar-refractivity contribution in [3.63, 3.8) is 0 Å². The van der Waals surface area contributed by atoms with Crippen LogP contribution in [0.1, 0.15) is 12.5 Å². The molecular weight excluding hydrogens is 207 g/mol. The van der Waals surface area contributed by atoms with Crippen molar-refractivity contribution in [3.8, 4) is 5.75 Å². The molecule has 0 aliphatic heterocycles. The van der Waals surface area contributed by atoms with E-state index in [1.165, 1.54) is 12.1 Å². The van der Waals surface area contributed by atoms with E-state index in [1.54, 1.807) is 6.07 Å². The SMILES string of the molecule is CCOc1ccc(F)cc1CC(CN)CN. The van der Waals surface area contributed by atoms with Crippen LogP contribution in [0.5, 0.6) is 5.75 Å². The molecule has 1 rings (SSSR count). The standard InChI is InChI=1S/C12H19FN2O/c1-2-16-12-4-3-11(13)6-10(12)5-9(7-14)8-15/h3-4,6,9H,2,5,7-8,14-15H2,1H3. The van der Waals surface area contributed by atoms with Gasteiger partial charge in [0.15, 0.2) is 0 Å². The average Bonchev–Trinajstić information content (AvgIpc) is 2.29. The van der Waals surface area contributed by atoms with Crippen molar-refractivity contribution in [2.24, 2.45) is 17.4 Å². The Morgan fingerprint density at radius 2 is 2.00 bits per heavy atom. The maximum absolute atomic E-state index is 13.1. The van der Waals surface area contributed by atoms with Crippen molar-refractivity contribution in [2.45, 2.75) is 13.3 Å². The molecule has 0 aliphatic carbocycles. The van der Waals surface area contributed by atoms with E-state index in [9.17, 15) is 4.39 Å². The van der Waals surface area contributed by atoms with Crippen molar-refractivity contribution >= 4 is 0 Å². The molecule has 16 heavy (non-hydrogen) atoms. The monoisotopic (exact) mass is 226 g/mol. The summed E-state index contributed by atoms with van der Waals surface area (Å²) < 4.78 is 18.6. The molecule has 0 heterocycles. The first-order valence-electron chi connectivity index (χ1n) is 5.52. The Balaban J connectivity index is 2.86. The number of hydrogen-bond acceptors (Lipinski definition) is 3. The summed E-state index contributed by atoms with van der Waals surface area (Å²) in [4.78, 5) is 0. The Morgan fingerprint density at radius 1 is 1.31 bits per heavy atom. The number of ether oxygens (including phenoxy) is 1. The van der Waals surface area contributed by atoms with Gasteiger partial charge < -0.3 is 16.2 Å². The molecule has 0 radical (unpaired) electrons. The molecule has 1 aromatic rings. The third kappa shape index (κ3) is 3.47. The molecular formula is C12H19FN2O. The average molecular weight is 226 g/mol. The Kier molecular flexibility index (Phi) is 5.22. The molecule has 90 valence electrons. The molecule has 0 amide bonds. The predicted octanol–water partition coefficient (Wildman–Crippen LogP) is 1.30. The summed E-state index contributed by atoms with van der Waals surface area (Å²) in [6, 6.07) is 4.54. The first kappa shape index (κ1) is 12.9. The Hall–Kier alpha value is -1.13. The summed E-state index contributed by atoms with van der Waals surface area (Å²) >= 11 is 0. The summed E-state index contributed by atoms with van der Waals surface area (Å²) in [6.07, 6.45) is 0.653. The first-order chi connectivity index (χ1) is 7.71. The lowest BCUT2D eigenvalue weighted by atomic mass is 9.99. The molecule has 0 bridgehead atoms. The van der Waals surface area contributed by atoms with Crippen LogP contribution >= 0.6 is 0 Å². The number of rotatable bonds is 6. The second-order valence-electron chi connectivity index (χ2n) is 3.73. The highest BCUT2D eigenvalue weighted by molar-refractivity contribution is 5.34. The lowest BCUT2D eigenvalue weighted by Crippen LogP contribution is -2.25. The van der Waals surface area contributed by atoms with Crippen molar-refractivity contribution in [2.75, 3.05) is 19.7 Å². The molecule has 4 heteroatoms. The summed E-state index contributed by atoms with van der Waals surface area (Å²) in [5.41, 5.74) is 12.0. The van der Waals surface area contributed by atoms with Crippen molar-refractivity contribution in [1.82, 2.24) is 0 Å². The zero-order valence-corrected chi connectivity index (χ0v) is 9.58. The molecule has 0 spiro atoms. The second-order valence-corrected chi connectivity index (χ2v) is 3.73. The fraction of sp³-hybridized carbons (Fsp3) is 0.500. The lowest BCUT2D eigenvalue weighted by Gasteiger charge is -2.15. The molecule has 0 atom stereocenters. The predicted molar refractivity (Wildman–Crippen MR) is 62.9 cm³/mol. The highest BCUT2D eigenvalue weighted by Crippen LogP contribution is 2.22. The van der Waals surface area contributed by atoms with Gasteiger partial charge in [-0.25, -0.2) is 4.39 Å². The van der Waals surface area contributed by atoms with Gasteiger partial charge in [0.05, 0.1) is 6.61 Å². The van der Waals surface area contributed by atoms with E-state index in [-0.39, 0.29) is 11.7 Å². The van der Waals surface area contributed by atoms with Gasteiger partial charge >= 0.3 is 0 Å². The van der Waals surface area contributed by atoms with Crippen molar-refractivity contribution in [1.29, 1.82) is 0 Å². The summed E-state index contributed by atoms with van der Waals surface area (Å²) in [5, 5.41) is 0. The van der Waals surface area contributed by atoms with Gasteiger partial charge in [-0.3, -0.25) is 0 Å². The van der Waals surface area contributed by atoms with Crippen LogP contribution in [-0.2, 0) is 6.42 Å². The summed E-state index contributed by atoms with van der Waals surface area (Å²) in [5.74, 6) is 0.628. The minimum absolute atomic E-state index is 0.168. The lowest BCUT2D eigenvalue weighted by molar-refractivity contribution is 0.333. The van der Waals surface area contributed by atoms with E-state index in [0.29, 0.717) is 26.1 Å². The van der Waals surface area contributed by atoms with E-state index in [2.05, 4.69) is 0 Å². The number of hydrogen-bond donors (Lipinski definition) is 2.